The maximum absolute atomic E-state index is 11.9. The highest BCUT2D eigenvalue weighted by molar-refractivity contribution is 5.85. The first-order chi connectivity index (χ1) is 10.6. The zero-order chi connectivity index (χ0) is 17.2. The molecule has 3 atom stereocenters. The Labute approximate surface area is 136 Å². The van der Waals surface area contributed by atoms with Crippen molar-refractivity contribution < 1.29 is 4.79 Å². The molecule has 1 saturated carbocycles. The number of rotatable bonds is 4. The summed E-state index contributed by atoms with van der Waals surface area (Å²) in [5.41, 5.74) is 6.31. The van der Waals surface area contributed by atoms with Crippen LogP contribution in [-0.2, 0) is 4.79 Å². The number of primary amides is 1. The van der Waals surface area contributed by atoms with Crippen molar-refractivity contribution in [1.29, 1.82) is 0 Å². The molecule has 0 radical (unpaired) electrons. The van der Waals surface area contributed by atoms with E-state index in [1.165, 1.54) is 5.56 Å². The standard InChI is InChI=1S/C15H22N2O.2C2H6/c1-11-7-6-10-15(11,14(16)18)17-12(2)13-8-4-3-5-9-13;2*1-2/h3-5,8-9,11-12,17H,6-7,10H2,1-2H3,(H2,16,18);2*1-2H3/t11-,12-,15+;;/m0../s1. The predicted molar refractivity (Wildman–Crippen MR) is 95.6 cm³/mol. The van der Waals surface area contributed by atoms with E-state index in [-0.39, 0.29) is 11.9 Å². The molecule has 3 nitrogen and oxygen atoms in total. The van der Waals surface area contributed by atoms with Crippen LogP contribution < -0.4 is 11.1 Å². The van der Waals surface area contributed by atoms with E-state index in [1.807, 2.05) is 45.9 Å². The average molecular weight is 306 g/mol. The van der Waals surface area contributed by atoms with Gasteiger partial charge >= 0.3 is 0 Å². The Balaban J connectivity index is 0.00000102. The van der Waals surface area contributed by atoms with Crippen molar-refractivity contribution in [2.75, 3.05) is 0 Å². The quantitative estimate of drug-likeness (QED) is 0.864. The molecule has 0 saturated heterocycles. The molecule has 0 heterocycles. The second kappa shape index (κ2) is 10.4. The third-order valence-corrected chi connectivity index (χ3v) is 4.26. The van der Waals surface area contributed by atoms with Crippen LogP contribution in [0.5, 0.6) is 0 Å². The van der Waals surface area contributed by atoms with Crippen molar-refractivity contribution in [1.82, 2.24) is 5.32 Å². The summed E-state index contributed by atoms with van der Waals surface area (Å²) in [6, 6.07) is 10.3. The minimum Gasteiger partial charge on any atom is -0.368 e. The molecule has 3 N–H and O–H groups in total. The molecule has 22 heavy (non-hydrogen) atoms. The molecule has 0 unspecified atom stereocenters. The number of hydrogen-bond donors (Lipinski definition) is 2. The van der Waals surface area contributed by atoms with Gasteiger partial charge in [0.25, 0.3) is 0 Å². The van der Waals surface area contributed by atoms with Crippen LogP contribution in [0.2, 0.25) is 0 Å². The summed E-state index contributed by atoms with van der Waals surface area (Å²) in [5.74, 6) is 0.0939. The first-order valence-corrected chi connectivity index (χ1v) is 8.69. The van der Waals surface area contributed by atoms with Crippen LogP contribution in [0.4, 0.5) is 0 Å². The molecular formula is C19H34N2O. The van der Waals surface area contributed by atoms with E-state index in [0.717, 1.165) is 19.3 Å². The molecule has 0 spiro atoms. The second-order valence-electron chi connectivity index (χ2n) is 5.41. The van der Waals surface area contributed by atoms with Crippen molar-refractivity contribution in [3.8, 4) is 0 Å². The van der Waals surface area contributed by atoms with E-state index in [9.17, 15) is 4.79 Å². The Morgan fingerprint density at radius 2 is 1.77 bits per heavy atom. The van der Waals surface area contributed by atoms with E-state index in [0.29, 0.717) is 5.92 Å². The summed E-state index contributed by atoms with van der Waals surface area (Å²) in [4.78, 5) is 11.9. The van der Waals surface area contributed by atoms with E-state index >= 15 is 0 Å². The number of carbonyl (C=O) groups is 1. The molecule has 0 aromatic heterocycles. The molecule has 1 aliphatic rings. The Kier molecular flexibility index (Phi) is 9.75. The average Bonchev–Trinajstić information content (AvgIpc) is 2.94. The lowest BCUT2D eigenvalue weighted by atomic mass is 9.86. The van der Waals surface area contributed by atoms with Crippen LogP contribution in [0.25, 0.3) is 0 Å². The molecule has 2 rings (SSSR count). The van der Waals surface area contributed by atoms with Gasteiger partial charge in [0.15, 0.2) is 0 Å². The lowest BCUT2D eigenvalue weighted by molar-refractivity contribution is -0.126. The van der Waals surface area contributed by atoms with Crippen LogP contribution in [-0.4, -0.2) is 11.4 Å². The number of amides is 1. The van der Waals surface area contributed by atoms with Crippen molar-refractivity contribution in [2.24, 2.45) is 11.7 Å². The van der Waals surface area contributed by atoms with Crippen molar-refractivity contribution in [3.05, 3.63) is 35.9 Å². The lowest BCUT2D eigenvalue weighted by Crippen LogP contribution is -2.57. The Morgan fingerprint density at radius 1 is 1.23 bits per heavy atom. The highest BCUT2D eigenvalue weighted by Gasteiger charge is 2.45. The van der Waals surface area contributed by atoms with Crippen molar-refractivity contribution in [3.63, 3.8) is 0 Å². The molecule has 1 aromatic carbocycles. The summed E-state index contributed by atoms with van der Waals surface area (Å²) in [5, 5.41) is 3.48. The smallest absolute Gasteiger partial charge is 0.238 e. The van der Waals surface area contributed by atoms with Gasteiger partial charge < -0.3 is 5.73 Å². The maximum atomic E-state index is 11.9. The zero-order valence-electron chi connectivity index (χ0n) is 15.1. The van der Waals surface area contributed by atoms with Crippen LogP contribution in [0.3, 0.4) is 0 Å². The fourth-order valence-corrected chi connectivity index (χ4v) is 3.04. The molecule has 1 aromatic rings. The molecule has 1 aliphatic carbocycles. The number of hydrogen-bond acceptors (Lipinski definition) is 2. The van der Waals surface area contributed by atoms with Crippen molar-refractivity contribution >= 4 is 5.91 Å². The fraction of sp³-hybridized carbons (Fsp3) is 0.632. The largest absolute Gasteiger partial charge is 0.368 e. The van der Waals surface area contributed by atoms with Gasteiger partial charge in [0.05, 0.1) is 0 Å². The minimum atomic E-state index is -0.532. The van der Waals surface area contributed by atoms with Gasteiger partial charge in [0.2, 0.25) is 5.91 Å². The summed E-state index contributed by atoms with van der Waals surface area (Å²) in [6.07, 6.45) is 2.98. The highest BCUT2D eigenvalue weighted by atomic mass is 16.1. The topological polar surface area (TPSA) is 55.1 Å². The minimum absolute atomic E-state index is 0.138. The van der Waals surface area contributed by atoms with E-state index in [2.05, 4.69) is 31.3 Å². The molecule has 3 heteroatoms. The molecule has 126 valence electrons. The van der Waals surface area contributed by atoms with Gasteiger partial charge in [-0.3, -0.25) is 10.1 Å². The number of carbonyl (C=O) groups excluding carboxylic acids is 1. The monoisotopic (exact) mass is 306 g/mol. The van der Waals surface area contributed by atoms with Crippen LogP contribution in [0.15, 0.2) is 30.3 Å². The normalized spacial score (nSPS) is 24.4. The maximum Gasteiger partial charge on any atom is 0.238 e. The van der Waals surface area contributed by atoms with Gasteiger partial charge in [-0.25, -0.2) is 0 Å². The van der Waals surface area contributed by atoms with Crippen LogP contribution in [0.1, 0.15) is 72.4 Å². The van der Waals surface area contributed by atoms with Crippen molar-refractivity contribution in [2.45, 2.75) is 72.4 Å². The Morgan fingerprint density at radius 3 is 2.18 bits per heavy atom. The fourth-order valence-electron chi connectivity index (χ4n) is 3.04. The first-order valence-electron chi connectivity index (χ1n) is 8.69. The van der Waals surface area contributed by atoms with Gasteiger partial charge in [-0.05, 0) is 31.2 Å². The number of nitrogens with one attached hydrogen (secondary N) is 1. The van der Waals surface area contributed by atoms with Crippen LogP contribution in [0, 0.1) is 5.92 Å². The van der Waals surface area contributed by atoms with E-state index in [4.69, 9.17) is 5.73 Å². The first kappa shape index (κ1) is 20.6. The zero-order valence-corrected chi connectivity index (χ0v) is 15.1. The second-order valence-corrected chi connectivity index (χ2v) is 5.41. The molecule has 0 bridgehead atoms. The predicted octanol–water partition coefficient (Wildman–Crippen LogP) is 4.43. The molecule has 1 amide bonds. The SMILES string of the molecule is CC.CC.C[C@H](N[C@]1(C(N)=O)CCC[C@@H]1C)c1ccccc1. The van der Waals surface area contributed by atoms with Gasteiger partial charge in [0.1, 0.15) is 5.54 Å². The lowest BCUT2D eigenvalue weighted by Gasteiger charge is -2.35. The summed E-state index contributed by atoms with van der Waals surface area (Å²) in [7, 11) is 0. The number of nitrogens with two attached hydrogens (primary N) is 1. The van der Waals surface area contributed by atoms with Gasteiger partial charge in [0, 0.05) is 6.04 Å². The van der Waals surface area contributed by atoms with Crippen LogP contribution >= 0.6 is 0 Å². The third-order valence-electron chi connectivity index (χ3n) is 4.26. The number of benzene rings is 1. The van der Waals surface area contributed by atoms with Gasteiger partial charge in [-0.15, -0.1) is 0 Å². The van der Waals surface area contributed by atoms with Gasteiger partial charge in [-0.2, -0.15) is 0 Å². The highest BCUT2D eigenvalue weighted by Crippen LogP contribution is 2.37. The molecule has 0 aliphatic heterocycles. The van der Waals surface area contributed by atoms with Gasteiger partial charge in [-0.1, -0.05) is 71.4 Å². The third kappa shape index (κ3) is 4.84. The summed E-state index contributed by atoms with van der Waals surface area (Å²) >= 11 is 0. The summed E-state index contributed by atoms with van der Waals surface area (Å²) in [6.45, 7) is 12.2. The molecule has 1 fully saturated rings. The Bertz CT molecular complexity index is 419. The Hall–Kier alpha value is -1.35. The van der Waals surface area contributed by atoms with E-state index < -0.39 is 5.54 Å². The van der Waals surface area contributed by atoms with E-state index in [1.54, 1.807) is 0 Å². The molecular weight excluding hydrogens is 272 g/mol. The summed E-state index contributed by atoms with van der Waals surface area (Å²) < 4.78 is 0.